The number of carbonyl (C=O) groups is 1. The molecule has 3 aromatic carbocycles. The predicted octanol–water partition coefficient (Wildman–Crippen LogP) is 4.59. The van der Waals surface area contributed by atoms with Crippen molar-refractivity contribution in [3.05, 3.63) is 103 Å². The van der Waals surface area contributed by atoms with Crippen molar-refractivity contribution in [1.29, 1.82) is 0 Å². The van der Waals surface area contributed by atoms with E-state index in [2.05, 4.69) is 42.2 Å². The molecule has 1 fully saturated rings. The Bertz CT molecular complexity index is 1530. The summed E-state index contributed by atoms with van der Waals surface area (Å²) in [5.41, 5.74) is 5.59. The van der Waals surface area contributed by atoms with E-state index >= 15 is 0 Å². The van der Waals surface area contributed by atoms with Gasteiger partial charge in [0, 0.05) is 44.3 Å². The van der Waals surface area contributed by atoms with Crippen molar-refractivity contribution in [2.24, 2.45) is 0 Å². The molecule has 0 radical (unpaired) electrons. The molecule has 8 heteroatoms. The van der Waals surface area contributed by atoms with Crippen LogP contribution in [-0.2, 0) is 11.2 Å². The third-order valence-corrected chi connectivity index (χ3v) is 6.68. The summed E-state index contributed by atoms with van der Waals surface area (Å²) < 4.78 is 0. The molecular weight excluding hydrogens is 474 g/mol. The molecule has 1 aliphatic heterocycles. The Morgan fingerprint density at radius 1 is 0.737 bits per heavy atom. The number of benzene rings is 3. The van der Waals surface area contributed by atoms with E-state index in [1.807, 2.05) is 72.9 Å². The SMILES string of the molecule is O=C(Cc1ccccc1)Nc1ccc(-c2ccc3ncc(N4CCN(c5ncccn5)CC4)nc3c2)cc1. The third kappa shape index (κ3) is 5.29. The zero-order chi connectivity index (χ0) is 25.7. The highest BCUT2D eigenvalue weighted by Crippen LogP contribution is 2.26. The molecule has 0 bridgehead atoms. The van der Waals surface area contributed by atoms with Gasteiger partial charge in [-0.3, -0.25) is 9.78 Å². The summed E-state index contributed by atoms with van der Waals surface area (Å²) in [7, 11) is 0. The summed E-state index contributed by atoms with van der Waals surface area (Å²) in [4.78, 5) is 35.2. The molecule has 3 heterocycles. The van der Waals surface area contributed by atoms with E-state index in [1.54, 1.807) is 12.4 Å². The number of carbonyl (C=O) groups excluding carboxylic acids is 1. The van der Waals surface area contributed by atoms with Crippen molar-refractivity contribution < 1.29 is 4.79 Å². The minimum atomic E-state index is -0.0328. The standard InChI is InChI=1S/C30H27N7O/c38-29(19-22-5-2-1-3-6-22)34-25-10-7-23(8-11-25)24-9-12-26-27(20-24)35-28(21-33-26)36-15-17-37(18-16-36)30-31-13-4-14-32-30/h1-14,20-21H,15-19H2,(H,34,38). The van der Waals surface area contributed by atoms with Gasteiger partial charge in [0.2, 0.25) is 11.9 Å². The number of hydrogen-bond acceptors (Lipinski definition) is 7. The van der Waals surface area contributed by atoms with Crippen LogP contribution in [-0.4, -0.2) is 52.0 Å². The van der Waals surface area contributed by atoms with Gasteiger partial charge in [-0.05, 0) is 47.0 Å². The average Bonchev–Trinajstić information content (AvgIpc) is 2.98. The number of amides is 1. The first-order valence-corrected chi connectivity index (χ1v) is 12.7. The highest BCUT2D eigenvalue weighted by Gasteiger charge is 2.20. The van der Waals surface area contributed by atoms with Crippen LogP contribution < -0.4 is 15.1 Å². The van der Waals surface area contributed by atoms with E-state index in [-0.39, 0.29) is 5.91 Å². The molecule has 0 spiro atoms. The Balaban J connectivity index is 1.13. The van der Waals surface area contributed by atoms with Gasteiger partial charge in [-0.15, -0.1) is 0 Å². The Hall–Kier alpha value is -4.85. The minimum absolute atomic E-state index is 0.0328. The maximum absolute atomic E-state index is 12.4. The number of nitrogens with zero attached hydrogens (tertiary/aromatic N) is 6. The number of hydrogen-bond donors (Lipinski definition) is 1. The van der Waals surface area contributed by atoms with E-state index in [0.717, 1.165) is 71.4 Å². The van der Waals surface area contributed by atoms with Crippen LogP contribution in [0.5, 0.6) is 0 Å². The molecule has 1 saturated heterocycles. The van der Waals surface area contributed by atoms with Crippen molar-refractivity contribution in [1.82, 2.24) is 19.9 Å². The van der Waals surface area contributed by atoms with E-state index in [1.165, 1.54) is 0 Å². The molecule has 0 unspecified atom stereocenters. The van der Waals surface area contributed by atoms with Crippen molar-refractivity contribution in [2.45, 2.75) is 6.42 Å². The van der Waals surface area contributed by atoms with Gasteiger partial charge in [0.15, 0.2) is 0 Å². The van der Waals surface area contributed by atoms with Gasteiger partial charge in [0.05, 0.1) is 23.7 Å². The number of aromatic nitrogens is 4. The Morgan fingerprint density at radius 3 is 2.21 bits per heavy atom. The molecule has 188 valence electrons. The summed E-state index contributed by atoms with van der Waals surface area (Å²) in [5.74, 6) is 1.61. The highest BCUT2D eigenvalue weighted by atomic mass is 16.1. The fraction of sp³-hybridized carbons (Fsp3) is 0.167. The van der Waals surface area contributed by atoms with Crippen molar-refractivity contribution in [3.8, 4) is 11.1 Å². The van der Waals surface area contributed by atoms with Gasteiger partial charge in [0.25, 0.3) is 0 Å². The van der Waals surface area contributed by atoms with Crippen LogP contribution in [0.25, 0.3) is 22.2 Å². The summed E-state index contributed by atoms with van der Waals surface area (Å²) in [6.07, 6.45) is 5.75. The third-order valence-electron chi connectivity index (χ3n) is 6.68. The Morgan fingerprint density at radius 2 is 1.45 bits per heavy atom. The molecule has 1 aliphatic rings. The molecule has 0 atom stereocenters. The molecule has 2 aromatic heterocycles. The fourth-order valence-electron chi connectivity index (χ4n) is 4.66. The van der Waals surface area contributed by atoms with Crippen LogP contribution in [0.1, 0.15) is 5.56 Å². The number of fused-ring (bicyclic) bond motifs is 1. The van der Waals surface area contributed by atoms with Crippen molar-refractivity contribution in [3.63, 3.8) is 0 Å². The number of anilines is 3. The molecule has 8 nitrogen and oxygen atoms in total. The summed E-state index contributed by atoms with van der Waals surface area (Å²) >= 11 is 0. The van der Waals surface area contributed by atoms with Crippen LogP contribution in [0.15, 0.2) is 97.5 Å². The molecule has 0 aliphatic carbocycles. The second kappa shape index (κ2) is 10.6. The number of piperazine rings is 1. The van der Waals surface area contributed by atoms with Crippen LogP contribution >= 0.6 is 0 Å². The highest BCUT2D eigenvalue weighted by molar-refractivity contribution is 5.92. The summed E-state index contributed by atoms with van der Waals surface area (Å²) in [5, 5.41) is 2.98. The van der Waals surface area contributed by atoms with Crippen molar-refractivity contribution in [2.75, 3.05) is 41.3 Å². The molecule has 0 saturated carbocycles. The van der Waals surface area contributed by atoms with E-state index in [4.69, 9.17) is 4.98 Å². The number of rotatable bonds is 6. The normalized spacial score (nSPS) is 13.5. The zero-order valence-corrected chi connectivity index (χ0v) is 20.9. The molecular formula is C30H27N7O. The maximum Gasteiger partial charge on any atom is 0.228 e. The molecule has 6 rings (SSSR count). The Kier molecular flexibility index (Phi) is 6.59. The second-order valence-corrected chi connectivity index (χ2v) is 9.24. The van der Waals surface area contributed by atoms with Gasteiger partial charge in [-0.1, -0.05) is 48.5 Å². The fourth-order valence-corrected chi connectivity index (χ4v) is 4.66. The van der Waals surface area contributed by atoms with Crippen LogP contribution in [0.3, 0.4) is 0 Å². The second-order valence-electron chi connectivity index (χ2n) is 9.24. The monoisotopic (exact) mass is 501 g/mol. The molecule has 1 amide bonds. The molecule has 5 aromatic rings. The lowest BCUT2D eigenvalue weighted by Gasteiger charge is -2.35. The number of nitrogens with one attached hydrogen (secondary N) is 1. The van der Waals surface area contributed by atoms with E-state index in [0.29, 0.717) is 6.42 Å². The summed E-state index contributed by atoms with van der Waals surface area (Å²) in [6.45, 7) is 3.32. The largest absolute Gasteiger partial charge is 0.352 e. The van der Waals surface area contributed by atoms with Crippen LogP contribution in [0, 0.1) is 0 Å². The van der Waals surface area contributed by atoms with Gasteiger partial charge in [-0.25, -0.2) is 15.0 Å². The van der Waals surface area contributed by atoms with Crippen molar-refractivity contribution >= 4 is 34.4 Å². The van der Waals surface area contributed by atoms with Crippen LogP contribution in [0.4, 0.5) is 17.5 Å². The first-order valence-electron chi connectivity index (χ1n) is 12.7. The quantitative estimate of drug-likeness (QED) is 0.364. The lowest BCUT2D eigenvalue weighted by Crippen LogP contribution is -2.47. The van der Waals surface area contributed by atoms with E-state index in [9.17, 15) is 4.79 Å². The minimum Gasteiger partial charge on any atom is -0.352 e. The summed E-state index contributed by atoms with van der Waals surface area (Å²) in [6, 6.07) is 25.6. The predicted molar refractivity (Wildman–Crippen MR) is 150 cm³/mol. The lowest BCUT2D eigenvalue weighted by atomic mass is 10.0. The Labute approximate surface area is 221 Å². The van der Waals surface area contributed by atoms with Gasteiger partial charge >= 0.3 is 0 Å². The molecule has 38 heavy (non-hydrogen) atoms. The van der Waals surface area contributed by atoms with Crippen LogP contribution in [0.2, 0.25) is 0 Å². The van der Waals surface area contributed by atoms with E-state index < -0.39 is 0 Å². The first kappa shape index (κ1) is 23.5. The smallest absolute Gasteiger partial charge is 0.228 e. The van der Waals surface area contributed by atoms with Gasteiger partial charge in [0.1, 0.15) is 5.82 Å². The first-order chi connectivity index (χ1) is 18.7. The topological polar surface area (TPSA) is 87.1 Å². The van der Waals surface area contributed by atoms with Gasteiger partial charge < -0.3 is 15.1 Å². The van der Waals surface area contributed by atoms with Gasteiger partial charge in [-0.2, -0.15) is 0 Å². The maximum atomic E-state index is 12.4. The average molecular weight is 502 g/mol. The lowest BCUT2D eigenvalue weighted by molar-refractivity contribution is -0.115. The zero-order valence-electron chi connectivity index (χ0n) is 20.9. The molecule has 1 N–H and O–H groups in total.